The lowest BCUT2D eigenvalue weighted by Gasteiger charge is -2.44. The first-order chi connectivity index (χ1) is 11.6. The Balaban J connectivity index is 1.85. The molecule has 1 heterocycles. The van der Waals surface area contributed by atoms with Crippen LogP contribution in [0.4, 0.5) is 16.2 Å². The molecule has 1 unspecified atom stereocenters. The molecule has 1 aromatic carbocycles. The van der Waals surface area contributed by atoms with Gasteiger partial charge in [-0.1, -0.05) is 25.3 Å². The third-order valence-electron chi connectivity index (χ3n) is 5.08. The Morgan fingerprint density at radius 3 is 2.38 bits per heavy atom. The summed E-state index contributed by atoms with van der Waals surface area (Å²) >= 11 is 0. The van der Waals surface area contributed by atoms with E-state index in [4.69, 9.17) is 0 Å². The van der Waals surface area contributed by atoms with E-state index < -0.39 is 4.92 Å². The van der Waals surface area contributed by atoms with E-state index in [1.165, 1.54) is 31.4 Å². The van der Waals surface area contributed by atoms with E-state index >= 15 is 0 Å². The summed E-state index contributed by atoms with van der Waals surface area (Å²) in [5.41, 5.74) is 0.721. The topological polar surface area (TPSA) is 66.7 Å². The highest BCUT2D eigenvalue weighted by molar-refractivity contribution is 5.94. The average molecular weight is 329 g/mol. The Morgan fingerprint density at radius 2 is 1.79 bits per heavy atom. The van der Waals surface area contributed by atoms with Gasteiger partial charge in [-0.2, -0.15) is 0 Å². The summed E-state index contributed by atoms with van der Waals surface area (Å²) < 4.78 is 0. The number of hydrogen-bond acceptors (Lipinski definition) is 3. The maximum atomic E-state index is 13.1. The molecule has 1 atom stereocenters. The van der Waals surface area contributed by atoms with Crippen molar-refractivity contribution < 1.29 is 9.72 Å². The molecule has 0 N–H and O–H groups in total. The molecule has 0 spiro atoms. The first kappa shape index (κ1) is 16.5. The molecule has 0 aromatic heterocycles. The van der Waals surface area contributed by atoms with Crippen LogP contribution in [0.5, 0.6) is 0 Å². The lowest BCUT2D eigenvalue weighted by atomic mass is 9.93. The number of carbonyl (C=O) groups excluding carboxylic acids is 1. The van der Waals surface area contributed by atoms with Crippen LogP contribution in [0.1, 0.15) is 38.5 Å². The molecule has 1 saturated carbocycles. The van der Waals surface area contributed by atoms with Gasteiger partial charge < -0.3 is 4.90 Å². The van der Waals surface area contributed by atoms with E-state index in [9.17, 15) is 14.9 Å². The normalized spacial score (nSPS) is 22.5. The maximum absolute atomic E-state index is 13.1. The van der Waals surface area contributed by atoms with Crippen molar-refractivity contribution in [3.63, 3.8) is 0 Å². The van der Waals surface area contributed by atoms with Crippen molar-refractivity contribution in [3.05, 3.63) is 47.0 Å². The quantitative estimate of drug-likeness (QED) is 0.474. The van der Waals surface area contributed by atoms with Gasteiger partial charge in [-0.3, -0.25) is 15.0 Å². The second kappa shape index (κ2) is 7.03. The first-order valence-electron chi connectivity index (χ1n) is 8.58. The Morgan fingerprint density at radius 1 is 1.12 bits per heavy atom. The van der Waals surface area contributed by atoms with Crippen LogP contribution in [-0.4, -0.2) is 34.5 Å². The van der Waals surface area contributed by atoms with Gasteiger partial charge in [0, 0.05) is 30.4 Å². The summed E-state index contributed by atoms with van der Waals surface area (Å²) in [6.07, 6.45) is 8.37. The molecule has 3 rings (SSSR count). The molecule has 1 saturated heterocycles. The van der Waals surface area contributed by atoms with Crippen LogP contribution in [0.15, 0.2) is 36.9 Å². The molecule has 2 fully saturated rings. The zero-order chi connectivity index (χ0) is 17.1. The monoisotopic (exact) mass is 329 g/mol. The Hall–Kier alpha value is -2.37. The molecule has 1 aliphatic heterocycles. The van der Waals surface area contributed by atoms with Gasteiger partial charge in [0.1, 0.15) is 0 Å². The van der Waals surface area contributed by atoms with Gasteiger partial charge >= 0.3 is 6.03 Å². The highest BCUT2D eigenvalue weighted by atomic mass is 16.6. The van der Waals surface area contributed by atoms with Crippen molar-refractivity contribution in [1.82, 2.24) is 4.90 Å². The van der Waals surface area contributed by atoms with E-state index in [0.717, 1.165) is 25.8 Å². The summed E-state index contributed by atoms with van der Waals surface area (Å²) in [5, 5.41) is 10.8. The standard InChI is InChI=1S/C18H23N3O3/c1-2-14-12-13-19(15-6-4-3-5-7-15)18(22)20(14)16-8-10-17(11-9-16)21(23)24/h2,8-11,14-15H,1,3-7,12-13H2. The molecule has 2 aliphatic rings. The minimum absolute atomic E-state index is 0.00750. The molecular weight excluding hydrogens is 306 g/mol. The fraction of sp³-hybridized carbons (Fsp3) is 0.500. The lowest BCUT2D eigenvalue weighted by Crippen LogP contribution is -2.57. The van der Waals surface area contributed by atoms with Gasteiger partial charge in [0.25, 0.3) is 5.69 Å². The Labute approximate surface area is 141 Å². The predicted molar refractivity (Wildman–Crippen MR) is 93.2 cm³/mol. The van der Waals surface area contributed by atoms with E-state index in [-0.39, 0.29) is 17.8 Å². The minimum atomic E-state index is -0.429. The Bertz CT molecular complexity index is 623. The van der Waals surface area contributed by atoms with Crippen LogP contribution in [-0.2, 0) is 0 Å². The summed E-state index contributed by atoms with van der Waals surface area (Å²) in [6, 6.07) is 6.43. The number of nitro groups is 1. The zero-order valence-electron chi connectivity index (χ0n) is 13.8. The summed E-state index contributed by atoms with van der Waals surface area (Å²) in [4.78, 5) is 27.2. The number of anilines is 1. The highest BCUT2D eigenvalue weighted by Gasteiger charge is 2.36. The number of non-ortho nitro benzene ring substituents is 1. The van der Waals surface area contributed by atoms with Crippen molar-refractivity contribution in [2.24, 2.45) is 0 Å². The largest absolute Gasteiger partial charge is 0.325 e. The zero-order valence-corrected chi connectivity index (χ0v) is 13.8. The van der Waals surface area contributed by atoms with E-state index in [1.807, 2.05) is 4.90 Å². The van der Waals surface area contributed by atoms with Crippen LogP contribution in [0.25, 0.3) is 0 Å². The highest BCUT2D eigenvalue weighted by Crippen LogP contribution is 2.31. The second-order valence-corrected chi connectivity index (χ2v) is 6.50. The van der Waals surface area contributed by atoms with Gasteiger partial charge in [0.2, 0.25) is 0 Å². The van der Waals surface area contributed by atoms with Crippen molar-refractivity contribution in [2.75, 3.05) is 11.4 Å². The first-order valence-corrected chi connectivity index (χ1v) is 8.58. The van der Waals surface area contributed by atoms with Crippen molar-refractivity contribution >= 4 is 17.4 Å². The van der Waals surface area contributed by atoms with Gasteiger partial charge in [-0.25, -0.2) is 4.79 Å². The fourth-order valence-corrected chi connectivity index (χ4v) is 3.77. The molecule has 6 heteroatoms. The van der Waals surface area contributed by atoms with Crippen molar-refractivity contribution in [3.8, 4) is 0 Å². The fourth-order valence-electron chi connectivity index (χ4n) is 3.77. The molecule has 1 aromatic rings. The van der Waals surface area contributed by atoms with Crippen molar-refractivity contribution in [2.45, 2.75) is 50.6 Å². The van der Waals surface area contributed by atoms with E-state index in [0.29, 0.717) is 11.7 Å². The molecular formula is C18H23N3O3. The van der Waals surface area contributed by atoms with Gasteiger partial charge in [0.15, 0.2) is 0 Å². The molecule has 2 amide bonds. The number of urea groups is 1. The lowest BCUT2D eigenvalue weighted by molar-refractivity contribution is -0.384. The molecule has 1 aliphatic carbocycles. The van der Waals surface area contributed by atoms with Gasteiger partial charge in [-0.05, 0) is 31.4 Å². The molecule has 128 valence electrons. The predicted octanol–water partition coefficient (Wildman–Crippen LogP) is 4.11. The third kappa shape index (κ3) is 3.13. The number of rotatable bonds is 4. The number of nitrogens with zero attached hydrogens (tertiary/aromatic N) is 3. The maximum Gasteiger partial charge on any atom is 0.325 e. The van der Waals surface area contributed by atoms with Crippen LogP contribution in [0.3, 0.4) is 0 Å². The van der Waals surface area contributed by atoms with Crippen LogP contribution in [0, 0.1) is 10.1 Å². The summed E-state index contributed by atoms with van der Waals surface area (Å²) in [6.45, 7) is 4.61. The van der Waals surface area contributed by atoms with Crippen LogP contribution < -0.4 is 4.90 Å². The summed E-state index contributed by atoms with van der Waals surface area (Å²) in [5.74, 6) is 0. The van der Waals surface area contributed by atoms with Crippen LogP contribution >= 0.6 is 0 Å². The van der Waals surface area contributed by atoms with E-state index in [1.54, 1.807) is 23.1 Å². The number of benzene rings is 1. The Kier molecular flexibility index (Phi) is 4.83. The van der Waals surface area contributed by atoms with Gasteiger partial charge in [0.05, 0.1) is 11.0 Å². The number of amides is 2. The number of hydrogen-bond donors (Lipinski definition) is 0. The second-order valence-electron chi connectivity index (χ2n) is 6.50. The SMILES string of the molecule is C=CC1CCN(C2CCCCC2)C(=O)N1c1ccc([N+](=O)[O-])cc1. The third-order valence-corrected chi connectivity index (χ3v) is 5.08. The van der Waals surface area contributed by atoms with Crippen LogP contribution in [0.2, 0.25) is 0 Å². The van der Waals surface area contributed by atoms with E-state index in [2.05, 4.69) is 6.58 Å². The minimum Gasteiger partial charge on any atom is -0.321 e. The average Bonchev–Trinajstić information content (AvgIpc) is 2.62. The molecule has 0 bridgehead atoms. The van der Waals surface area contributed by atoms with Gasteiger partial charge in [-0.15, -0.1) is 6.58 Å². The smallest absolute Gasteiger partial charge is 0.321 e. The molecule has 24 heavy (non-hydrogen) atoms. The summed E-state index contributed by atoms with van der Waals surface area (Å²) in [7, 11) is 0. The number of nitro benzene ring substituents is 1. The number of carbonyl (C=O) groups is 1. The van der Waals surface area contributed by atoms with Crippen molar-refractivity contribution in [1.29, 1.82) is 0 Å². The molecule has 6 nitrogen and oxygen atoms in total. The molecule has 0 radical (unpaired) electrons.